The van der Waals surface area contributed by atoms with E-state index >= 15 is 0 Å². The summed E-state index contributed by atoms with van der Waals surface area (Å²) in [5, 5.41) is 0. The Morgan fingerprint density at radius 2 is 1.92 bits per heavy atom. The third-order valence-electron chi connectivity index (χ3n) is 3.71. The molecule has 1 rings (SSSR count). The first-order chi connectivity index (χ1) is 11.3. The second-order valence-corrected chi connectivity index (χ2v) is 6.16. The summed E-state index contributed by atoms with van der Waals surface area (Å²) in [4.78, 5) is 11.7. The van der Waals surface area contributed by atoms with Crippen LogP contribution in [-0.4, -0.2) is 31.0 Å². The second kappa shape index (κ2) is 9.69. The van der Waals surface area contributed by atoms with Crippen LogP contribution in [0, 0.1) is 5.92 Å². The Morgan fingerprint density at radius 3 is 2.38 bits per heavy atom. The van der Waals surface area contributed by atoms with Gasteiger partial charge in [-0.3, -0.25) is 4.79 Å². The van der Waals surface area contributed by atoms with E-state index in [0.29, 0.717) is 24.9 Å². The molecule has 24 heavy (non-hydrogen) atoms. The fourth-order valence-corrected chi connectivity index (χ4v) is 2.70. The predicted octanol–water partition coefficient (Wildman–Crippen LogP) is 4.81. The highest BCUT2D eigenvalue weighted by molar-refractivity contribution is 7.80. The van der Waals surface area contributed by atoms with Crippen LogP contribution in [0.15, 0.2) is 30.3 Å². The summed E-state index contributed by atoms with van der Waals surface area (Å²) < 4.78 is 42.0. The number of halogens is 3. The van der Waals surface area contributed by atoms with Gasteiger partial charge in [0.05, 0.1) is 0 Å². The first-order valence-electron chi connectivity index (χ1n) is 7.59. The quantitative estimate of drug-likeness (QED) is 0.360. The molecule has 0 amide bonds. The van der Waals surface area contributed by atoms with Crippen LogP contribution in [0.25, 0.3) is 5.57 Å². The summed E-state index contributed by atoms with van der Waals surface area (Å²) in [5.41, 5.74) is 2.15. The van der Waals surface area contributed by atoms with Gasteiger partial charge in [-0.05, 0) is 47.4 Å². The van der Waals surface area contributed by atoms with E-state index in [4.69, 9.17) is 17.0 Å². The maximum atomic E-state index is 12.3. The molecule has 0 aliphatic heterocycles. The number of methoxy groups -OCH3 is 1. The third-order valence-corrected chi connectivity index (χ3v) is 3.99. The lowest BCUT2D eigenvalue weighted by Gasteiger charge is -2.20. The van der Waals surface area contributed by atoms with Gasteiger partial charge in [-0.1, -0.05) is 36.5 Å². The van der Waals surface area contributed by atoms with Crippen LogP contribution in [0.2, 0.25) is 0 Å². The highest BCUT2D eigenvalue weighted by Gasteiger charge is 2.26. The van der Waals surface area contributed by atoms with Gasteiger partial charge in [0.25, 0.3) is 0 Å². The lowest BCUT2D eigenvalue weighted by molar-refractivity contribution is -0.134. The summed E-state index contributed by atoms with van der Waals surface area (Å²) in [6.07, 6.45) is -2.28. The highest BCUT2D eigenvalue weighted by atomic mass is 32.1. The van der Waals surface area contributed by atoms with E-state index in [2.05, 4.69) is 0 Å². The van der Waals surface area contributed by atoms with Crippen molar-refractivity contribution in [2.24, 2.45) is 5.92 Å². The number of carbonyl (C=O) groups excluding carboxylic acids is 1. The molecule has 2 nitrogen and oxygen atoms in total. The van der Waals surface area contributed by atoms with Gasteiger partial charge in [-0.15, -0.1) is 0 Å². The van der Waals surface area contributed by atoms with Crippen LogP contribution in [0.1, 0.15) is 30.9 Å². The first-order valence-corrected chi connectivity index (χ1v) is 8.00. The van der Waals surface area contributed by atoms with Crippen molar-refractivity contribution in [1.82, 2.24) is 0 Å². The van der Waals surface area contributed by atoms with Crippen LogP contribution in [0.4, 0.5) is 13.2 Å². The number of hydrogen-bond donors (Lipinski definition) is 0. The number of ether oxygens (including phenoxy) is 1. The molecule has 6 heteroatoms. The fourth-order valence-electron chi connectivity index (χ4n) is 2.45. The monoisotopic (exact) mass is 358 g/mol. The van der Waals surface area contributed by atoms with E-state index < -0.39 is 12.6 Å². The minimum Gasteiger partial charge on any atom is -0.385 e. The zero-order valence-corrected chi connectivity index (χ0v) is 14.5. The molecule has 0 saturated heterocycles. The largest absolute Gasteiger partial charge is 0.389 e. The topological polar surface area (TPSA) is 26.3 Å². The van der Waals surface area contributed by atoms with E-state index in [1.54, 1.807) is 31.4 Å². The van der Waals surface area contributed by atoms with Crippen LogP contribution in [0.5, 0.6) is 0 Å². The molecular formula is C18H21F3O2S. The van der Waals surface area contributed by atoms with Gasteiger partial charge in [-0.25, -0.2) is 0 Å². The Hall–Kier alpha value is -1.53. The standard InChI is InChI=1S/C18H21F3O2S/c1-13(24)16(9-12-23-2)17(8-11-22)15-5-3-14(4-6-15)7-10-18(19,20)21/h3-6,8,11,16H,7,9-10,12H2,1-2H3/b17-8-. The Balaban J connectivity index is 2.98. The molecular weight excluding hydrogens is 337 g/mol. The van der Waals surface area contributed by atoms with E-state index in [9.17, 15) is 18.0 Å². The second-order valence-electron chi connectivity index (χ2n) is 5.51. The van der Waals surface area contributed by atoms with Crippen molar-refractivity contribution in [3.05, 3.63) is 41.5 Å². The third kappa shape index (κ3) is 6.93. The van der Waals surface area contributed by atoms with Crippen molar-refractivity contribution < 1.29 is 22.7 Å². The minimum atomic E-state index is -4.17. The maximum absolute atomic E-state index is 12.3. The number of aldehydes is 1. The van der Waals surface area contributed by atoms with Crippen molar-refractivity contribution in [3.63, 3.8) is 0 Å². The molecule has 0 saturated carbocycles. The van der Waals surface area contributed by atoms with Crippen molar-refractivity contribution in [3.8, 4) is 0 Å². The Morgan fingerprint density at radius 1 is 1.29 bits per heavy atom. The van der Waals surface area contributed by atoms with Crippen molar-refractivity contribution >= 4 is 28.9 Å². The van der Waals surface area contributed by atoms with Crippen LogP contribution >= 0.6 is 12.2 Å². The van der Waals surface area contributed by atoms with Gasteiger partial charge < -0.3 is 4.74 Å². The molecule has 1 unspecified atom stereocenters. The average molecular weight is 358 g/mol. The summed E-state index contributed by atoms with van der Waals surface area (Å²) in [6.45, 7) is 2.31. The Bertz CT molecular complexity index is 577. The van der Waals surface area contributed by atoms with Gasteiger partial charge in [0.15, 0.2) is 0 Å². The molecule has 1 aromatic rings. The maximum Gasteiger partial charge on any atom is 0.389 e. The van der Waals surface area contributed by atoms with Gasteiger partial charge in [0, 0.05) is 26.1 Å². The molecule has 0 aliphatic carbocycles. The number of benzene rings is 1. The lowest BCUT2D eigenvalue weighted by atomic mass is 9.87. The molecule has 0 fully saturated rings. The van der Waals surface area contributed by atoms with Gasteiger partial charge in [0.1, 0.15) is 6.29 Å². The molecule has 132 valence electrons. The zero-order valence-electron chi connectivity index (χ0n) is 13.7. The molecule has 0 aromatic heterocycles. The van der Waals surface area contributed by atoms with Gasteiger partial charge in [-0.2, -0.15) is 13.2 Å². The number of carbonyl (C=O) groups is 1. The number of allylic oxidation sites excluding steroid dienone is 2. The smallest absolute Gasteiger partial charge is 0.385 e. The fraction of sp³-hybridized carbons (Fsp3) is 0.444. The molecule has 0 spiro atoms. The van der Waals surface area contributed by atoms with E-state index in [1.807, 2.05) is 6.92 Å². The van der Waals surface area contributed by atoms with E-state index in [0.717, 1.165) is 16.0 Å². The first kappa shape index (κ1) is 20.5. The summed E-state index contributed by atoms with van der Waals surface area (Å²) in [5.74, 6) is -0.119. The normalized spacial score (nSPS) is 13.6. The van der Waals surface area contributed by atoms with Gasteiger partial charge in [0.2, 0.25) is 0 Å². The summed E-state index contributed by atoms with van der Waals surface area (Å²) in [7, 11) is 1.59. The van der Waals surface area contributed by atoms with Crippen LogP contribution < -0.4 is 0 Å². The number of alkyl halides is 3. The summed E-state index contributed by atoms with van der Waals surface area (Å²) >= 11 is 5.29. The highest BCUT2D eigenvalue weighted by Crippen LogP contribution is 2.29. The lowest BCUT2D eigenvalue weighted by Crippen LogP contribution is -2.14. The van der Waals surface area contributed by atoms with E-state index in [1.165, 1.54) is 6.08 Å². The Labute approximate surface area is 145 Å². The van der Waals surface area contributed by atoms with E-state index in [-0.39, 0.29) is 12.3 Å². The number of hydrogen-bond acceptors (Lipinski definition) is 3. The van der Waals surface area contributed by atoms with Crippen LogP contribution in [0.3, 0.4) is 0 Å². The van der Waals surface area contributed by atoms with Crippen LogP contribution in [-0.2, 0) is 16.0 Å². The molecule has 0 aliphatic rings. The molecule has 0 radical (unpaired) electrons. The van der Waals surface area contributed by atoms with Gasteiger partial charge >= 0.3 is 6.18 Å². The van der Waals surface area contributed by atoms with Crippen molar-refractivity contribution in [2.75, 3.05) is 13.7 Å². The Kier molecular flexibility index (Phi) is 8.28. The number of thiocarbonyl (C=S) groups is 1. The molecule has 0 bridgehead atoms. The zero-order chi connectivity index (χ0) is 18.2. The van der Waals surface area contributed by atoms with Crippen molar-refractivity contribution in [1.29, 1.82) is 0 Å². The predicted molar refractivity (Wildman–Crippen MR) is 93.1 cm³/mol. The minimum absolute atomic E-state index is 0.0597. The number of aryl methyl sites for hydroxylation is 1. The molecule has 0 heterocycles. The molecule has 0 N–H and O–H groups in total. The molecule has 1 aromatic carbocycles. The molecule has 1 atom stereocenters. The average Bonchev–Trinajstić information content (AvgIpc) is 2.52. The number of rotatable bonds is 9. The summed E-state index contributed by atoms with van der Waals surface area (Å²) in [6, 6.07) is 6.79. The SMILES string of the molecule is COCCC(C(C)=S)/C(=C\C=O)c1ccc(CCC(F)(F)F)cc1. The van der Waals surface area contributed by atoms with Crippen molar-refractivity contribution in [2.45, 2.75) is 32.4 Å².